The van der Waals surface area contributed by atoms with Gasteiger partial charge in [0.1, 0.15) is 5.69 Å². The first kappa shape index (κ1) is 29.8. The molecule has 2 aromatic carbocycles. The van der Waals surface area contributed by atoms with Crippen molar-refractivity contribution < 1.29 is 22.8 Å². The Morgan fingerprint density at radius 1 is 1.00 bits per heavy atom. The van der Waals surface area contributed by atoms with Crippen molar-refractivity contribution >= 4 is 29.1 Å². The Morgan fingerprint density at radius 3 is 2.29 bits per heavy atom. The molecule has 2 aromatic heterocycles. The lowest BCUT2D eigenvalue weighted by Crippen LogP contribution is -2.28. The van der Waals surface area contributed by atoms with E-state index in [9.17, 15) is 22.8 Å². The number of nitrogens with one attached hydrogen (secondary N) is 2. The van der Waals surface area contributed by atoms with Crippen molar-refractivity contribution in [2.45, 2.75) is 51.7 Å². The quantitative estimate of drug-likeness (QED) is 0.247. The van der Waals surface area contributed by atoms with Gasteiger partial charge < -0.3 is 10.6 Å². The van der Waals surface area contributed by atoms with Gasteiger partial charge in [0, 0.05) is 22.3 Å². The summed E-state index contributed by atoms with van der Waals surface area (Å²) in [4.78, 5) is 29.7. The van der Waals surface area contributed by atoms with Crippen LogP contribution in [-0.4, -0.2) is 26.6 Å². The highest BCUT2D eigenvalue weighted by molar-refractivity contribution is 6.30. The summed E-state index contributed by atoms with van der Waals surface area (Å²) in [6.45, 7) is 8.12. The number of pyridine rings is 1. The molecule has 0 aliphatic rings. The lowest BCUT2D eigenvalue weighted by Gasteiger charge is -2.14. The molecule has 4 rings (SSSR count). The summed E-state index contributed by atoms with van der Waals surface area (Å²) in [7, 11) is 0. The fourth-order valence-corrected chi connectivity index (χ4v) is 4.14. The van der Waals surface area contributed by atoms with E-state index in [0.717, 1.165) is 29.2 Å². The number of anilines is 1. The molecule has 0 aliphatic heterocycles. The van der Waals surface area contributed by atoms with Crippen LogP contribution in [0.25, 0.3) is 5.69 Å². The van der Waals surface area contributed by atoms with Crippen molar-refractivity contribution in [3.63, 3.8) is 0 Å². The number of amides is 2. The van der Waals surface area contributed by atoms with E-state index in [1.54, 1.807) is 29.8 Å². The van der Waals surface area contributed by atoms with Crippen LogP contribution < -0.4 is 10.6 Å². The first-order valence-corrected chi connectivity index (χ1v) is 13.2. The van der Waals surface area contributed by atoms with Crippen LogP contribution in [0, 0.1) is 0 Å². The minimum absolute atomic E-state index is 0.0568. The fourth-order valence-electron chi connectivity index (χ4n) is 3.96. The number of rotatable bonds is 7. The molecular formula is C30H29ClF3N5O2. The molecule has 0 radical (unpaired) electrons. The van der Waals surface area contributed by atoms with Gasteiger partial charge in [-0.25, -0.2) is 4.68 Å². The molecule has 0 aliphatic carbocycles. The number of aromatic nitrogens is 3. The lowest BCUT2D eigenvalue weighted by atomic mass is 9.92. The average Bonchev–Trinajstić information content (AvgIpc) is 3.36. The SMILES string of the molecule is CC(C(=O)NCc1cc(C(C)(C)C)nn1-c1cccc(Cl)c1)c1ccc(C(=O)Nc2ccc(C(F)(F)F)cc2)nc1. The van der Waals surface area contributed by atoms with Gasteiger partial charge in [-0.2, -0.15) is 18.3 Å². The molecule has 4 aromatic rings. The molecule has 2 heterocycles. The largest absolute Gasteiger partial charge is 0.416 e. The molecule has 0 saturated carbocycles. The highest BCUT2D eigenvalue weighted by Gasteiger charge is 2.30. The van der Waals surface area contributed by atoms with Crippen molar-refractivity contribution in [3.8, 4) is 5.69 Å². The van der Waals surface area contributed by atoms with Crippen LogP contribution in [0.4, 0.5) is 18.9 Å². The van der Waals surface area contributed by atoms with Crippen molar-refractivity contribution in [2.24, 2.45) is 0 Å². The van der Waals surface area contributed by atoms with Crippen LogP contribution in [0.1, 0.15) is 66.6 Å². The molecule has 0 saturated heterocycles. The van der Waals surface area contributed by atoms with E-state index in [-0.39, 0.29) is 29.2 Å². The molecule has 214 valence electrons. The number of hydrogen-bond donors (Lipinski definition) is 2. The van der Waals surface area contributed by atoms with Gasteiger partial charge in [0.25, 0.3) is 5.91 Å². The summed E-state index contributed by atoms with van der Waals surface area (Å²) in [6, 6.07) is 16.5. The molecule has 1 atom stereocenters. The predicted molar refractivity (Wildman–Crippen MR) is 151 cm³/mol. The summed E-state index contributed by atoms with van der Waals surface area (Å²) >= 11 is 6.19. The Morgan fingerprint density at radius 2 is 1.71 bits per heavy atom. The summed E-state index contributed by atoms with van der Waals surface area (Å²) in [5.41, 5.74) is 2.26. The molecule has 41 heavy (non-hydrogen) atoms. The topological polar surface area (TPSA) is 88.9 Å². The van der Waals surface area contributed by atoms with E-state index in [2.05, 4.69) is 36.4 Å². The number of benzene rings is 2. The Kier molecular flexibility index (Phi) is 8.53. The minimum Gasteiger partial charge on any atom is -0.350 e. The maximum atomic E-state index is 13.0. The second kappa shape index (κ2) is 11.7. The molecule has 2 N–H and O–H groups in total. The van der Waals surface area contributed by atoms with Crippen LogP contribution in [0.3, 0.4) is 0 Å². The van der Waals surface area contributed by atoms with Crippen LogP contribution in [0.15, 0.2) is 72.9 Å². The Hall–Kier alpha value is -4.18. The third-order valence-corrected chi connectivity index (χ3v) is 6.67. The number of hydrogen-bond acceptors (Lipinski definition) is 4. The molecule has 0 fully saturated rings. The maximum absolute atomic E-state index is 13.0. The molecule has 2 amide bonds. The first-order valence-electron chi connectivity index (χ1n) is 12.8. The van der Waals surface area contributed by atoms with E-state index >= 15 is 0 Å². The third kappa shape index (κ3) is 7.32. The molecule has 1 unspecified atom stereocenters. The van der Waals surface area contributed by atoms with Gasteiger partial charge in [0.15, 0.2) is 0 Å². The van der Waals surface area contributed by atoms with Gasteiger partial charge in [-0.05, 0) is 67.1 Å². The van der Waals surface area contributed by atoms with Crippen molar-refractivity contribution in [2.75, 3.05) is 5.32 Å². The highest BCUT2D eigenvalue weighted by Crippen LogP contribution is 2.30. The van der Waals surface area contributed by atoms with E-state index in [0.29, 0.717) is 10.6 Å². The van der Waals surface area contributed by atoms with Crippen molar-refractivity contribution in [3.05, 3.63) is 106 Å². The zero-order chi connectivity index (χ0) is 29.9. The zero-order valence-corrected chi connectivity index (χ0v) is 23.6. The Labute approximate surface area is 240 Å². The summed E-state index contributed by atoms with van der Waals surface area (Å²) in [5, 5.41) is 10.8. The van der Waals surface area contributed by atoms with Gasteiger partial charge in [-0.15, -0.1) is 0 Å². The van der Waals surface area contributed by atoms with Gasteiger partial charge >= 0.3 is 6.18 Å². The third-order valence-electron chi connectivity index (χ3n) is 6.43. The van der Waals surface area contributed by atoms with E-state index in [1.807, 2.05) is 18.2 Å². The van der Waals surface area contributed by atoms with E-state index in [4.69, 9.17) is 16.7 Å². The lowest BCUT2D eigenvalue weighted by molar-refractivity contribution is -0.137. The molecule has 0 spiro atoms. The van der Waals surface area contributed by atoms with Crippen molar-refractivity contribution in [1.29, 1.82) is 0 Å². The van der Waals surface area contributed by atoms with Crippen LogP contribution in [0.5, 0.6) is 0 Å². The number of carbonyl (C=O) groups excluding carboxylic acids is 2. The maximum Gasteiger partial charge on any atom is 0.416 e. The smallest absolute Gasteiger partial charge is 0.350 e. The summed E-state index contributed by atoms with van der Waals surface area (Å²) in [6.07, 6.45) is -3.03. The minimum atomic E-state index is -4.46. The monoisotopic (exact) mass is 583 g/mol. The Balaban J connectivity index is 1.41. The van der Waals surface area contributed by atoms with Crippen LogP contribution in [0.2, 0.25) is 5.02 Å². The van der Waals surface area contributed by atoms with E-state index < -0.39 is 23.6 Å². The van der Waals surface area contributed by atoms with Crippen molar-refractivity contribution in [1.82, 2.24) is 20.1 Å². The first-order chi connectivity index (χ1) is 19.2. The van der Waals surface area contributed by atoms with Crippen LogP contribution >= 0.6 is 11.6 Å². The number of halogens is 4. The number of nitrogens with zero attached hydrogens (tertiary/aromatic N) is 3. The zero-order valence-electron chi connectivity index (χ0n) is 22.9. The normalized spacial score (nSPS) is 12.6. The summed E-state index contributed by atoms with van der Waals surface area (Å²) < 4.78 is 40.0. The number of alkyl halides is 3. The summed E-state index contributed by atoms with van der Waals surface area (Å²) in [5.74, 6) is -1.40. The molecule has 7 nitrogen and oxygen atoms in total. The van der Waals surface area contributed by atoms with E-state index in [1.165, 1.54) is 24.4 Å². The fraction of sp³-hybridized carbons (Fsp3) is 0.267. The molecule has 0 bridgehead atoms. The standard InChI is InChI=1S/C30H29ClF3N5O2/c1-18(19-8-13-25(35-16-19)28(41)37-22-11-9-20(10-12-22)30(32,33)34)27(40)36-17-24-15-26(29(2,3)4)38-39(24)23-7-5-6-21(31)14-23/h5-16,18H,17H2,1-4H3,(H,36,40)(H,37,41). The second-order valence-corrected chi connectivity index (χ2v) is 11.0. The second-order valence-electron chi connectivity index (χ2n) is 10.6. The molecular weight excluding hydrogens is 555 g/mol. The Bertz CT molecular complexity index is 1540. The average molecular weight is 584 g/mol. The van der Waals surface area contributed by atoms with Gasteiger partial charge in [-0.3, -0.25) is 14.6 Å². The molecule has 11 heteroatoms. The highest BCUT2D eigenvalue weighted by atomic mass is 35.5. The number of carbonyl (C=O) groups is 2. The van der Waals surface area contributed by atoms with Gasteiger partial charge in [0.2, 0.25) is 5.91 Å². The predicted octanol–water partition coefficient (Wildman–Crippen LogP) is 6.91. The van der Waals surface area contributed by atoms with Crippen LogP contribution in [-0.2, 0) is 22.9 Å². The van der Waals surface area contributed by atoms with Gasteiger partial charge in [-0.1, -0.05) is 44.5 Å². The van der Waals surface area contributed by atoms with Gasteiger partial charge in [0.05, 0.1) is 35.1 Å².